The number of nitrogens with one attached hydrogen (secondary N) is 2. The van der Waals surface area contributed by atoms with Gasteiger partial charge in [0, 0.05) is 44.6 Å². The standard InChI is InChI=1S/C12H21N5O3S/c1-21(19,20)15-11-3-2-6-17(9-11)12(18)14-5-8-16-7-4-13-10-16/h4,7,10-11,15H,2-3,5-6,8-9H2,1H3,(H,14,18)/t11-/m1/s1. The highest BCUT2D eigenvalue weighted by atomic mass is 32.2. The molecule has 1 fully saturated rings. The SMILES string of the molecule is CS(=O)(=O)N[C@@H]1CCCN(C(=O)NCCn2ccnc2)C1. The van der Waals surface area contributed by atoms with Crippen LogP contribution in [0.1, 0.15) is 12.8 Å². The molecule has 118 valence electrons. The topological polar surface area (TPSA) is 96.3 Å². The van der Waals surface area contributed by atoms with E-state index in [-0.39, 0.29) is 12.1 Å². The van der Waals surface area contributed by atoms with Crippen molar-refractivity contribution in [1.82, 2.24) is 24.5 Å². The summed E-state index contributed by atoms with van der Waals surface area (Å²) in [5.41, 5.74) is 0. The molecule has 8 nitrogen and oxygen atoms in total. The van der Waals surface area contributed by atoms with Crippen molar-refractivity contribution < 1.29 is 13.2 Å². The van der Waals surface area contributed by atoms with E-state index < -0.39 is 10.0 Å². The summed E-state index contributed by atoms with van der Waals surface area (Å²) < 4.78 is 26.9. The molecular weight excluding hydrogens is 294 g/mol. The minimum atomic E-state index is -3.24. The molecule has 2 heterocycles. The van der Waals surface area contributed by atoms with Gasteiger partial charge in [0.05, 0.1) is 12.6 Å². The Morgan fingerprint density at radius 1 is 1.48 bits per heavy atom. The highest BCUT2D eigenvalue weighted by molar-refractivity contribution is 7.88. The molecule has 1 aromatic rings. The third kappa shape index (κ3) is 5.35. The fourth-order valence-corrected chi connectivity index (χ4v) is 3.18. The first-order valence-corrected chi connectivity index (χ1v) is 8.79. The van der Waals surface area contributed by atoms with Crippen molar-refractivity contribution >= 4 is 16.1 Å². The second kappa shape index (κ2) is 6.90. The van der Waals surface area contributed by atoms with Crippen molar-refractivity contribution in [2.75, 3.05) is 25.9 Å². The molecule has 0 unspecified atom stereocenters. The zero-order valence-corrected chi connectivity index (χ0v) is 12.8. The van der Waals surface area contributed by atoms with E-state index in [1.807, 2.05) is 10.8 Å². The quantitative estimate of drug-likeness (QED) is 0.773. The van der Waals surface area contributed by atoms with Gasteiger partial charge in [0.2, 0.25) is 10.0 Å². The van der Waals surface area contributed by atoms with Crippen LogP contribution in [0.4, 0.5) is 4.79 Å². The van der Waals surface area contributed by atoms with Gasteiger partial charge in [0.25, 0.3) is 0 Å². The summed E-state index contributed by atoms with van der Waals surface area (Å²) >= 11 is 0. The predicted molar refractivity (Wildman–Crippen MR) is 78.2 cm³/mol. The van der Waals surface area contributed by atoms with E-state index in [1.165, 1.54) is 0 Å². The molecule has 2 N–H and O–H groups in total. The monoisotopic (exact) mass is 315 g/mol. The van der Waals surface area contributed by atoms with Crippen molar-refractivity contribution in [2.45, 2.75) is 25.4 Å². The van der Waals surface area contributed by atoms with Gasteiger partial charge in [-0.05, 0) is 12.8 Å². The summed E-state index contributed by atoms with van der Waals surface area (Å²) in [6.45, 7) is 2.23. The van der Waals surface area contributed by atoms with Crippen molar-refractivity contribution in [3.05, 3.63) is 18.7 Å². The van der Waals surface area contributed by atoms with E-state index in [2.05, 4.69) is 15.0 Å². The van der Waals surface area contributed by atoms with E-state index in [9.17, 15) is 13.2 Å². The van der Waals surface area contributed by atoms with E-state index in [4.69, 9.17) is 0 Å². The Morgan fingerprint density at radius 2 is 2.29 bits per heavy atom. The van der Waals surface area contributed by atoms with Crippen molar-refractivity contribution in [1.29, 1.82) is 0 Å². The molecule has 0 spiro atoms. The van der Waals surface area contributed by atoms with Crippen molar-refractivity contribution in [3.8, 4) is 0 Å². The third-order valence-corrected chi connectivity index (χ3v) is 4.06. The van der Waals surface area contributed by atoms with E-state index >= 15 is 0 Å². The Balaban J connectivity index is 1.76. The molecule has 2 amide bonds. The largest absolute Gasteiger partial charge is 0.336 e. The highest BCUT2D eigenvalue weighted by Gasteiger charge is 2.25. The number of sulfonamides is 1. The molecule has 0 aliphatic carbocycles. The average Bonchev–Trinajstić information content (AvgIpc) is 2.90. The van der Waals surface area contributed by atoms with Crippen LogP contribution in [-0.2, 0) is 16.6 Å². The number of nitrogens with zero attached hydrogens (tertiary/aromatic N) is 3. The first-order valence-electron chi connectivity index (χ1n) is 6.90. The van der Waals surface area contributed by atoms with Gasteiger partial charge in [0.15, 0.2) is 0 Å². The van der Waals surface area contributed by atoms with Crippen LogP contribution in [0, 0.1) is 0 Å². The molecule has 21 heavy (non-hydrogen) atoms. The maximum Gasteiger partial charge on any atom is 0.317 e. The molecule has 1 aromatic heterocycles. The first-order chi connectivity index (χ1) is 9.94. The number of aromatic nitrogens is 2. The second-order valence-electron chi connectivity index (χ2n) is 5.21. The Hall–Kier alpha value is -1.61. The lowest BCUT2D eigenvalue weighted by atomic mass is 10.1. The number of likely N-dealkylation sites (tertiary alicyclic amines) is 1. The van der Waals surface area contributed by atoms with Crippen LogP contribution in [0.3, 0.4) is 0 Å². The second-order valence-corrected chi connectivity index (χ2v) is 6.99. The fourth-order valence-electron chi connectivity index (χ4n) is 2.38. The van der Waals surface area contributed by atoms with Crippen LogP contribution in [-0.4, -0.2) is 60.8 Å². The van der Waals surface area contributed by atoms with Crippen LogP contribution in [0.25, 0.3) is 0 Å². The van der Waals surface area contributed by atoms with Gasteiger partial charge in [-0.25, -0.2) is 22.9 Å². The van der Waals surface area contributed by atoms with Gasteiger partial charge in [-0.3, -0.25) is 0 Å². The Labute approximate surface area is 124 Å². The average molecular weight is 315 g/mol. The van der Waals surface area contributed by atoms with Gasteiger partial charge in [0.1, 0.15) is 0 Å². The fraction of sp³-hybridized carbons (Fsp3) is 0.667. The summed E-state index contributed by atoms with van der Waals surface area (Å²) in [6.07, 6.45) is 7.90. The molecule has 1 saturated heterocycles. The summed E-state index contributed by atoms with van der Waals surface area (Å²) in [6, 6.07) is -0.358. The Bertz CT molecular complexity index is 557. The molecule has 1 aliphatic heterocycles. The molecule has 0 radical (unpaired) electrons. The van der Waals surface area contributed by atoms with Crippen LogP contribution in [0.15, 0.2) is 18.7 Å². The molecule has 2 rings (SSSR count). The van der Waals surface area contributed by atoms with Crippen molar-refractivity contribution in [2.24, 2.45) is 0 Å². The molecule has 0 saturated carbocycles. The number of carbonyl (C=O) groups excluding carboxylic acids is 1. The number of urea groups is 1. The smallest absolute Gasteiger partial charge is 0.317 e. The van der Waals surface area contributed by atoms with Gasteiger partial charge < -0.3 is 14.8 Å². The van der Waals surface area contributed by atoms with E-state index in [0.29, 0.717) is 26.2 Å². The van der Waals surface area contributed by atoms with E-state index in [0.717, 1.165) is 19.1 Å². The zero-order chi connectivity index (χ0) is 15.3. The summed E-state index contributed by atoms with van der Waals surface area (Å²) in [4.78, 5) is 17.6. The molecular formula is C12H21N5O3S. The Morgan fingerprint density at radius 3 is 2.95 bits per heavy atom. The zero-order valence-electron chi connectivity index (χ0n) is 12.0. The first kappa shape index (κ1) is 15.8. The molecule has 0 aromatic carbocycles. The van der Waals surface area contributed by atoms with Crippen LogP contribution in [0.2, 0.25) is 0 Å². The normalized spacial score (nSPS) is 19.5. The molecule has 9 heteroatoms. The van der Waals surface area contributed by atoms with Gasteiger partial charge in [-0.15, -0.1) is 0 Å². The Kier molecular flexibility index (Phi) is 5.18. The summed E-state index contributed by atoms with van der Waals surface area (Å²) in [5.74, 6) is 0. The number of hydrogen-bond donors (Lipinski definition) is 2. The molecule has 1 atom stereocenters. The maximum atomic E-state index is 12.1. The van der Waals surface area contributed by atoms with E-state index in [1.54, 1.807) is 17.4 Å². The predicted octanol–water partition coefficient (Wildman–Crippen LogP) is -0.394. The van der Waals surface area contributed by atoms with Crippen LogP contribution >= 0.6 is 0 Å². The maximum absolute atomic E-state index is 12.1. The molecule has 1 aliphatic rings. The number of rotatable bonds is 5. The molecule has 0 bridgehead atoms. The lowest BCUT2D eigenvalue weighted by Gasteiger charge is -2.32. The summed E-state index contributed by atoms with van der Waals surface area (Å²) in [5, 5.41) is 2.84. The van der Waals surface area contributed by atoms with Crippen LogP contribution in [0.5, 0.6) is 0 Å². The number of hydrogen-bond acceptors (Lipinski definition) is 4. The van der Waals surface area contributed by atoms with Crippen LogP contribution < -0.4 is 10.0 Å². The lowest BCUT2D eigenvalue weighted by Crippen LogP contribution is -2.52. The number of amides is 2. The van der Waals surface area contributed by atoms with Gasteiger partial charge in [-0.2, -0.15) is 0 Å². The summed E-state index contributed by atoms with van der Waals surface area (Å²) in [7, 11) is -3.24. The number of carbonyl (C=O) groups is 1. The van der Waals surface area contributed by atoms with Gasteiger partial charge in [-0.1, -0.05) is 0 Å². The highest BCUT2D eigenvalue weighted by Crippen LogP contribution is 2.10. The van der Waals surface area contributed by atoms with Crippen molar-refractivity contribution in [3.63, 3.8) is 0 Å². The lowest BCUT2D eigenvalue weighted by molar-refractivity contribution is 0.177. The van der Waals surface area contributed by atoms with Gasteiger partial charge >= 0.3 is 6.03 Å². The minimum absolute atomic E-state index is 0.157. The number of imidazole rings is 1. The number of piperidine rings is 1. The third-order valence-electron chi connectivity index (χ3n) is 3.29. The minimum Gasteiger partial charge on any atom is -0.336 e.